The van der Waals surface area contributed by atoms with E-state index in [1.807, 2.05) is 0 Å². The zero-order valence-corrected chi connectivity index (χ0v) is 12.3. The second-order valence-electron chi connectivity index (χ2n) is 4.47. The number of nitrogens with zero attached hydrogens (tertiary/aromatic N) is 1. The van der Waals surface area contributed by atoms with Gasteiger partial charge in [0.2, 0.25) is 0 Å². The van der Waals surface area contributed by atoms with Crippen LogP contribution in [0.1, 0.15) is 41.0 Å². The summed E-state index contributed by atoms with van der Waals surface area (Å²) in [5.74, 6) is 0. The van der Waals surface area contributed by atoms with Crippen LogP contribution < -0.4 is 0 Å². The Morgan fingerprint density at radius 3 is 1.60 bits per heavy atom. The minimum absolute atomic E-state index is 0.461. The van der Waals surface area contributed by atoms with Crippen molar-refractivity contribution < 1.29 is 8.85 Å². The van der Waals surface area contributed by atoms with Crippen LogP contribution in [0.3, 0.4) is 0 Å². The Balaban J connectivity index is 4.97. The van der Waals surface area contributed by atoms with Crippen LogP contribution in [0.25, 0.3) is 0 Å². The molecule has 0 saturated carbocycles. The van der Waals surface area contributed by atoms with Crippen LogP contribution in [0.4, 0.5) is 0 Å². The van der Waals surface area contributed by atoms with Crippen LogP contribution in [-0.2, 0) is 8.85 Å². The maximum atomic E-state index is 5.75. The van der Waals surface area contributed by atoms with E-state index in [0.717, 1.165) is 12.5 Å². The molecule has 15 heavy (non-hydrogen) atoms. The van der Waals surface area contributed by atoms with Crippen molar-refractivity contribution in [3.63, 3.8) is 0 Å². The van der Waals surface area contributed by atoms with Gasteiger partial charge < -0.3 is 8.85 Å². The first-order valence-electron chi connectivity index (χ1n) is 5.83. The van der Waals surface area contributed by atoms with Crippen LogP contribution in [0.5, 0.6) is 0 Å². The molecule has 0 heterocycles. The lowest BCUT2D eigenvalue weighted by Crippen LogP contribution is -2.62. The van der Waals surface area contributed by atoms with Crippen LogP contribution in [-0.4, -0.2) is 39.6 Å². The first-order chi connectivity index (χ1) is 6.95. The summed E-state index contributed by atoms with van der Waals surface area (Å²) in [6, 6.07) is 1.95. The monoisotopic (exact) mass is 233 g/mol. The Kier molecular flexibility index (Phi) is 6.67. The summed E-state index contributed by atoms with van der Waals surface area (Å²) >= 11 is 0. The van der Waals surface area contributed by atoms with Crippen LogP contribution >= 0.6 is 0 Å². The first kappa shape index (κ1) is 15.1. The fraction of sp³-hybridized carbons (Fsp3) is 1.00. The molecule has 0 aliphatic carbocycles. The molecule has 0 spiro atoms. The zero-order valence-electron chi connectivity index (χ0n) is 11.3. The van der Waals surface area contributed by atoms with Gasteiger partial charge in [-0.3, -0.25) is 4.57 Å². The summed E-state index contributed by atoms with van der Waals surface area (Å²) in [5.41, 5.74) is 0. The van der Waals surface area contributed by atoms with Crippen LogP contribution in [0.15, 0.2) is 0 Å². The van der Waals surface area contributed by atoms with Gasteiger partial charge >= 0.3 is 8.72 Å². The number of hydrogen-bond acceptors (Lipinski definition) is 3. The van der Waals surface area contributed by atoms with E-state index in [1.165, 1.54) is 0 Å². The molecule has 0 aromatic carbocycles. The quantitative estimate of drug-likeness (QED) is 0.631. The summed E-state index contributed by atoms with van der Waals surface area (Å²) in [6.07, 6.45) is 1.10. The SMILES string of the molecule is CCC[Si](OC)(OC)N(C(C)C)C(C)C. The molecule has 0 atom stereocenters. The molecule has 0 saturated heterocycles. The summed E-state index contributed by atoms with van der Waals surface area (Å²) in [6.45, 7) is 11.0. The number of rotatable bonds is 7. The van der Waals surface area contributed by atoms with Gasteiger partial charge in [-0.2, -0.15) is 0 Å². The molecule has 0 rings (SSSR count). The van der Waals surface area contributed by atoms with Crippen molar-refractivity contribution in [2.45, 2.75) is 59.2 Å². The molecule has 0 aliphatic rings. The molecule has 0 aliphatic heterocycles. The van der Waals surface area contributed by atoms with Crippen molar-refractivity contribution in [2.24, 2.45) is 0 Å². The maximum Gasteiger partial charge on any atom is 0.427 e. The van der Waals surface area contributed by atoms with Crippen molar-refractivity contribution in [2.75, 3.05) is 14.2 Å². The second kappa shape index (κ2) is 6.63. The van der Waals surface area contributed by atoms with Gasteiger partial charge in [0, 0.05) is 32.3 Å². The topological polar surface area (TPSA) is 21.7 Å². The standard InChI is InChI=1S/C11H27NO2Si/c1-8-9-15(13-6,14-7)12(10(2)3)11(4)5/h10-11H,8-9H2,1-7H3. The third-order valence-electron chi connectivity index (χ3n) is 2.71. The molecule has 0 N–H and O–H groups in total. The van der Waals surface area contributed by atoms with Gasteiger partial charge in [0.1, 0.15) is 0 Å². The predicted octanol–water partition coefficient (Wildman–Crippen LogP) is 2.75. The molecule has 0 radical (unpaired) electrons. The predicted molar refractivity (Wildman–Crippen MR) is 67.0 cm³/mol. The van der Waals surface area contributed by atoms with Crippen molar-refractivity contribution >= 4 is 8.72 Å². The lowest BCUT2D eigenvalue weighted by molar-refractivity contribution is 0.124. The van der Waals surface area contributed by atoms with Crippen molar-refractivity contribution in [3.8, 4) is 0 Å². The molecule has 0 amide bonds. The Hall–Kier alpha value is 0.0969. The summed E-state index contributed by atoms with van der Waals surface area (Å²) in [4.78, 5) is 0. The average molecular weight is 233 g/mol. The van der Waals surface area contributed by atoms with E-state index in [-0.39, 0.29) is 0 Å². The van der Waals surface area contributed by atoms with E-state index >= 15 is 0 Å². The molecule has 0 aromatic heterocycles. The fourth-order valence-corrected chi connectivity index (χ4v) is 5.79. The van der Waals surface area contributed by atoms with Crippen molar-refractivity contribution in [3.05, 3.63) is 0 Å². The average Bonchev–Trinajstić information content (AvgIpc) is 2.15. The molecule has 0 fully saturated rings. The third-order valence-corrected chi connectivity index (χ3v) is 6.94. The molecule has 92 valence electrons. The molecule has 0 unspecified atom stereocenters. The molecule has 3 nitrogen and oxygen atoms in total. The largest absolute Gasteiger partial charge is 0.427 e. The highest BCUT2D eigenvalue weighted by atomic mass is 28.4. The van der Waals surface area contributed by atoms with Gasteiger partial charge in [0.25, 0.3) is 0 Å². The van der Waals surface area contributed by atoms with E-state index in [9.17, 15) is 0 Å². The number of hydrogen-bond donors (Lipinski definition) is 0. The maximum absolute atomic E-state index is 5.75. The minimum Gasteiger partial charge on any atom is -0.386 e. The highest BCUT2D eigenvalue weighted by Crippen LogP contribution is 2.24. The van der Waals surface area contributed by atoms with Gasteiger partial charge in [0.05, 0.1) is 0 Å². The lowest BCUT2D eigenvalue weighted by Gasteiger charge is -2.43. The smallest absolute Gasteiger partial charge is 0.386 e. The van der Waals surface area contributed by atoms with Gasteiger partial charge in [0.15, 0.2) is 0 Å². The van der Waals surface area contributed by atoms with Gasteiger partial charge in [-0.1, -0.05) is 41.0 Å². The summed E-state index contributed by atoms with van der Waals surface area (Å²) in [5, 5.41) is 0. The molecular formula is C11H27NO2Si. The van der Waals surface area contributed by atoms with E-state index in [2.05, 4.69) is 39.2 Å². The van der Waals surface area contributed by atoms with E-state index in [0.29, 0.717) is 12.1 Å². The Morgan fingerprint density at radius 1 is 1.00 bits per heavy atom. The second-order valence-corrected chi connectivity index (χ2v) is 7.72. The Labute approximate surface area is 96.1 Å². The summed E-state index contributed by atoms with van der Waals surface area (Å²) < 4.78 is 13.9. The Bertz CT molecular complexity index is 162. The van der Waals surface area contributed by atoms with E-state index in [4.69, 9.17) is 8.85 Å². The van der Waals surface area contributed by atoms with E-state index < -0.39 is 8.72 Å². The normalized spacial score (nSPS) is 13.2. The lowest BCUT2D eigenvalue weighted by atomic mass is 10.3. The minimum atomic E-state index is -2.17. The summed E-state index contributed by atoms with van der Waals surface area (Å²) in [7, 11) is 1.40. The molecule has 0 bridgehead atoms. The zero-order chi connectivity index (χ0) is 12.1. The first-order valence-corrected chi connectivity index (χ1v) is 7.81. The van der Waals surface area contributed by atoms with Crippen molar-refractivity contribution in [1.82, 2.24) is 4.57 Å². The highest BCUT2D eigenvalue weighted by molar-refractivity contribution is 6.64. The van der Waals surface area contributed by atoms with Crippen LogP contribution in [0.2, 0.25) is 6.04 Å². The van der Waals surface area contributed by atoms with Gasteiger partial charge in [-0.15, -0.1) is 0 Å². The fourth-order valence-electron chi connectivity index (χ4n) is 2.33. The van der Waals surface area contributed by atoms with Crippen LogP contribution in [0, 0.1) is 0 Å². The molecule has 0 aromatic rings. The highest BCUT2D eigenvalue weighted by Gasteiger charge is 2.45. The Morgan fingerprint density at radius 2 is 1.40 bits per heavy atom. The van der Waals surface area contributed by atoms with E-state index in [1.54, 1.807) is 14.2 Å². The third kappa shape index (κ3) is 3.55. The molecular weight excluding hydrogens is 206 g/mol. The van der Waals surface area contributed by atoms with Gasteiger partial charge in [-0.05, 0) is 0 Å². The van der Waals surface area contributed by atoms with Gasteiger partial charge in [-0.25, -0.2) is 0 Å². The molecule has 4 heteroatoms. The van der Waals surface area contributed by atoms with Crippen molar-refractivity contribution in [1.29, 1.82) is 0 Å².